The van der Waals surface area contributed by atoms with Crippen LogP contribution in [0.1, 0.15) is 17.9 Å². The van der Waals surface area contributed by atoms with E-state index < -0.39 is 5.97 Å². The number of carbonyl (C=O) groups is 1. The van der Waals surface area contributed by atoms with E-state index in [1.807, 2.05) is 30.3 Å². The van der Waals surface area contributed by atoms with E-state index in [-0.39, 0.29) is 7.43 Å². The molecule has 0 fully saturated rings. The SMILES string of the molecule is C.COC(=O)c1ccc(-c2cccc(Br)c2)cn1. The lowest BCUT2D eigenvalue weighted by Crippen LogP contribution is -2.03. The van der Waals surface area contributed by atoms with Gasteiger partial charge in [0.2, 0.25) is 0 Å². The number of rotatable bonds is 2. The molecule has 1 aromatic heterocycles. The Labute approximate surface area is 115 Å². The second kappa shape index (κ2) is 6.31. The van der Waals surface area contributed by atoms with Crippen LogP contribution in [0.2, 0.25) is 0 Å². The van der Waals surface area contributed by atoms with E-state index in [1.54, 1.807) is 12.3 Å². The van der Waals surface area contributed by atoms with Gasteiger partial charge in [0.05, 0.1) is 7.11 Å². The maximum atomic E-state index is 11.2. The van der Waals surface area contributed by atoms with Gasteiger partial charge in [-0.3, -0.25) is 0 Å². The van der Waals surface area contributed by atoms with Gasteiger partial charge in [0.25, 0.3) is 0 Å². The predicted octanol–water partition coefficient (Wildman–Crippen LogP) is 3.93. The molecule has 0 radical (unpaired) electrons. The summed E-state index contributed by atoms with van der Waals surface area (Å²) in [5, 5.41) is 0. The first-order chi connectivity index (χ1) is 8.20. The number of methoxy groups -OCH3 is 1. The van der Waals surface area contributed by atoms with Gasteiger partial charge < -0.3 is 4.74 Å². The molecule has 0 saturated heterocycles. The molecule has 0 spiro atoms. The molecule has 1 aromatic carbocycles. The Hall–Kier alpha value is -1.68. The Morgan fingerprint density at radius 2 is 2.00 bits per heavy atom. The Kier molecular flexibility index (Phi) is 5.04. The van der Waals surface area contributed by atoms with Gasteiger partial charge in [-0.1, -0.05) is 41.6 Å². The molecule has 2 rings (SSSR count). The zero-order valence-electron chi connectivity index (χ0n) is 9.18. The first-order valence-electron chi connectivity index (χ1n) is 5.01. The number of halogens is 1. The van der Waals surface area contributed by atoms with Gasteiger partial charge in [0.1, 0.15) is 5.69 Å². The number of nitrogens with zero attached hydrogens (tertiary/aromatic N) is 1. The molecule has 3 nitrogen and oxygen atoms in total. The number of aromatic nitrogens is 1. The van der Waals surface area contributed by atoms with Crippen LogP contribution in [0.25, 0.3) is 11.1 Å². The lowest BCUT2D eigenvalue weighted by Gasteiger charge is -2.03. The van der Waals surface area contributed by atoms with Crippen molar-refractivity contribution in [3.8, 4) is 11.1 Å². The highest BCUT2D eigenvalue weighted by Gasteiger charge is 2.06. The minimum absolute atomic E-state index is 0. The largest absolute Gasteiger partial charge is 0.464 e. The Morgan fingerprint density at radius 1 is 1.22 bits per heavy atom. The maximum absolute atomic E-state index is 11.2. The summed E-state index contributed by atoms with van der Waals surface area (Å²) >= 11 is 3.41. The van der Waals surface area contributed by atoms with Crippen LogP contribution in [0.3, 0.4) is 0 Å². The lowest BCUT2D eigenvalue weighted by atomic mass is 10.1. The van der Waals surface area contributed by atoms with Gasteiger partial charge in [-0.2, -0.15) is 0 Å². The van der Waals surface area contributed by atoms with Crippen molar-refractivity contribution in [3.05, 3.63) is 52.8 Å². The first-order valence-corrected chi connectivity index (χ1v) is 5.80. The van der Waals surface area contributed by atoms with Crippen molar-refractivity contribution < 1.29 is 9.53 Å². The summed E-state index contributed by atoms with van der Waals surface area (Å²) in [7, 11) is 1.34. The minimum Gasteiger partial charge on any atom is -0.464 e. The number of hydrogen-bond donors (Lipinski definition) is 0. The molecule has 2 aromatic rings. The smallest absolute Gasteiger partial charge is 0.356 e. The average Bonchev–Trinajstić information content (AvgIpc) is 2.38. The van der Waals surface area contributed by atoms with Crippen LogP contribution in [0.5, 0.6) is 0 Å². The average molecular weight is 308 g/mol. The van der Waals surface area contributed by atoms with Crippen molar-refractivity contribution in [1.82, 2.24) is 4.98 Å². The third-order valence-electron chi connectivity index (χ3n) is 2.32. The molecule has 18 heavy (non-hydrogen) atoms. The number of hydrogen-bond acceptors (Lipinski definition) is 3. The molecule has 0 aliphatic heterocycles. The maximum Gasteiger partial charge on any atom is 0.356 e. The van der Waals surface area contributed by atoms with E-state index in [9.17, 15) is 4.79 Å². The Morgan fingerprint density at radius 3 is 2.56 bits per heavy atom. The molecule has 4 heteroatoms. The van der Waals surface area contributed by atoms with Gasteiger partial charge in [-0.05, 0) is 23.8 Å². The fraction of sp³-hybridized carbons (Fsp3) is 0.143. The molecule has 0 unspecified atom stereocenters. The molecule has 0 atom stereocenters. The summed E-state index contributed by atoms with van der Waals surface area (Å²) in [6, 6.07) is 11.4. The van der Waals surface area contributed by atoms with Crippen molar-refractivity contribution in [3.63, 3.8) is 0 Å². The third kappa shape index (κ3) is 3.17. The monoisotopic (exact) mass is 307 g/mol. The summed E-state index contributed by atoms with van der Waals surface area (Å²) in [6.45, 7) is 0. The molecule has 0 aliphatic rings. The molecule has 0 aliphatic carbocycles. The molecular formula is C14H14BrNO2. The van der Waals surface area contributed by atoms with E-state index in [1.165, 1.54) is 7.11 Å². The van der Waals surface area contributed by atoms with Crippen LogP contribution in [-0.2, 0) is 4.74 Å². The fourth-order valence-corrected chi connectivity index (χ4v) is 1.86. The fourth-order valence-electron chi connectivity index (χ4n) is 1.46. The summed E-state index contributed by atoms with van der Waals surface area (Å²) < 4.78 is 5.60. The van der Waals surface area contributed by atoms with Crippen molar-refractivity contribution in [2.24, 2.45) is 0 Å². The van der Waals surface area contributed by atoms with E-state index in [2.05, 4.69) is 25.7 Å². The van der Waals surface area contributed by atoms with Crippen LogP contribution in [-0.4, -0.2) is 18.1 Å². The second-order valence-corrected chi connectivity index (χ2v) is 4.35. The van der Waals surface area contributed by atoms with Crippen LogP contribution < -0.4 is 0 Å². The van der Waals surface area contributed by atoms with Crippen LogP contribution in [0.4, 0.5) is 0 Å². The van der Waals surface area contributed by atoms with E-state index in [0.717, 1.165) is 15.6 Å². The quantitative estimate of drug-likeness (QED) is 0.789. The highest BCUT2D eigenvalue weighted by molar-refractivity contribution is 9.10. The summed E-state index contributed by atoms with van der Waals surface area (Å²) in [4.78, 5) is 15.3. The molecule has 0 bridgehead atoms. The van der Waals surface area contributed by atoms with Crippen molar-refractivity contribution in [1.29, 1.82) is 0 Å². The van der Waals surface area contributed by atoms with Gasteiger partial charge >= 0.3 is 5.97 Å². The van der Waals surface area contributed by atoms with Crippen molar-refractivity contribution in [2.45, 2.75) is 7.43 Å². The zero-order valence-corrected chi connectivity index (χ0v) is 10.8. The van der Waals surface area contributed by atoms with Crippen LogP contribution in [0, 0.1) is 0 Å². The van der Waals surface area contributed by atoms with Crippen molar-refractivity contribution >= 4 is 21.9 Å². The number of pyridine rings is 1. The molecule has 1 heterocycles. The summed E-state index contributed by atoms with van der Waals surface area (Å²) in [5.74, 6) is -0.425. The topological polar surface area (TPSA) is 39.2 Å². The third-order valence-corrected chi connectivity index (χ3v) is 2.81. The Balaban J connectivity index is 0.00000162. The standard InChI is InChI=1S/C13H10BrNO2.CH4/c1-17-13(16)12-6-5-10(8-15-12)9-3-2-4-11(14)7-9;/h2-8H,1H3;1H4. The molecule has 0 N–H and O–H groups in total. The predicted molar refractivity (Wildman–Crippen MR) is 75.4 cm³/mol. The normalized spacial score (nSPS) is 9.44. The van der Waals surface area contributed by atoms with E-state index >= 15 is 0 Å². The van der Waals surface area contributed by atoms with Crippen molar-refractivity contribution in [2.75, 3.05) is 7.11 Å². The molecule has 0 saturated carbocycles. The summed E-state index contributed by atoms with van der Waals surface area (Å²) in [6.07, 6.45) is 1.66. The number of benzene rings is 1. The van der Waals surface area contributed by atoms with Gasteiger partial charge in [-0.15, -0.1) is 0 Å². The lowest BCUT2D eigenvalue weighted by molar-refractivity contribution is 0.0594. The minimum atomic E-state index is -0.425. The van der Waals surface area contributed by atoms with Gasteiger partial charge in [0.15, 0.2) is 0 Å². The van der Waals surface area contributed by atoms with Gasteiger partial charge in [0, 0.05) is 16.2 Å². The highest BCUT2D eigenvalue weighted by atomic mass is 79.9. The first kappa shape index (κ1) is 14.4. The number of ether oxygens (including phenoxy) is 1. The second-order valence-electron chi connectivity index (χ2n) is 3.43. The van der Waals surface area contributed by atoms with E-state index in [4.69, 9.17) is 0 Å². The number of esters is 1. The molecular weight excluding hydrogens is 294 g/mol. The molecule has 94 valence electrons. The summed E-state index contributed by atoms with van der Waals surface area (Å²) in [5.41, 5.74) is 2.31. The van der Waals surface area contributed by atoms with Crippen LogP contribution >= 0.6 is 15.9 Å². The highest BCUT2D eigenvalue weighted by Crippen LogP contribution is 2.22. The van der Waals surface area contributed by atoms with Crippen LogP contribution in [0.15, 0.2) is 47.1 Å². The number of carbonyl (C=O) groups excluding carboxylic acids is 1. The zero-order chi connectivity index (χ0) is 12.3. The Bertz CT molecular complexity index is 538. The van der Waals surface area contributed by atoms with E-state index in [0.29, 0.717) is 5.69 Å². The van der Waals surface area contributed by atoms with Gasteiger partial charge in [-0.25, -0.2) is 9.78 Å². The molecule has 0 amide bonds.